The molecule has 2 aliphatic rings. The van der Waals surface area contributed by atoms with Crippen molar-refractivity contribution in [1.29, 1.82) is 0 Å². The molecule has 4 N–H and O–H groups in total. The van der Waals surface area contributed by atoms with Gasteiger partial charge in [-0.2, -0.15) is 5.10 Å². The van der Waals surface area contributed by atoms with E-state index in [0.717, 1.165) is 5.39 Å². The van der Waals surface area contributed by atoms with Crippen LogP contribution in [0.25, 0.3) is 10.9 Å². The number of hydrogen-bond acceptors (Lipinski definition) is 7. The molecular weight excluding hydrogens is 464 g/mol. The normalized spacial score (nSPS) is 20.0. The van der Waals surface area contributed by atoms with Crippen molar-refractivity contribution < 1.29 is 23.7 Å². The van der Waals surface area contributed by atoms with Gasteiger partial charge >= 0.3 is 0 Å². The zero-order valence-electron chi connectivity index (χ0n) is 17.9. The summed E-state index contributed by atoms with van der Waals surface area (Å²) in [7, 11) is 0. The number of aryl methyl sites for hydroxylation is 1. The molecular formula is C22H21ClN6O5. The third-order valence-electron chi connectivity index (χ3n) is 6.12. The molecule has 0 bridgehead atoms. The average molecular weight is 485 g/mol. The SMILES string of the molecule is O=C1CCC(NC(=O)c2noc3c2CC(NC(=O)Cc2[nH]nc4c(Cl)cccc24)CC3)C(=O)N1. The van der Waals surface area contributed by atoms with E-state index in [9.17, 15) is 19.2 Å². The number of para-hydroxylation sites is 1. The number of fused-ring (bicyclic) bond motifs is 2. The Hall–Kier alpha value is -3.73. The first kappa shape index (κ1) is 22.1. The number of H-pyrrole nitrogens is 1. The molecule has 0 saturated carbocycles. The summed E-state index contributed by atoms with van der Waals surface area (Å²) in [5.74, 6) is -1.05. The van der Waals surface area contributed by atoms with Gasteiger partial charge in [-0.1, -0.05) is 28.9 Å². The first-order chi connectivity index (χ1) is 16.4. The molecule has 2 unspecified atom stereocenters. The fraction of sp³-hybridized carbons (Fsp3) is 0.364. The van der Waals surface area contributed by atoms with Crippen LogP contribution < -0.4 is 16.0 Å². The lowest BCUT2D eigenvalue weighted by atomic mass is 9.91. The Bertz CT molecular complexity index is 1310. The second-order valence-electron chi connectivity index (χ2n) is 8.43. The first-order valence-electron chi connectivity index (χ1n) is 10.9. The molecule has 5 rings (SSSR count). The minimum Gasteiger partial charge on any atom is -0.360 e. The Morgan fingerprint density at radius 1 is 1.18 bits per heavy atom. The standard InChI is InChI=1S/C22H21ClN6O5/c23-13-3-1-2-11-15(27-28-19(11)13)9-18(31)24-10-4-6-16-12(8-10)20(29-34-16)22(33)25-14-5-7-17(30)26-21(14)32/h1-3,10,14H,4-9H2,(H,24,31)(H,25,33)(H,27,28)(H,26,30,32). The Morgan fingerprint density at radius 3 is 2.85 bits per heavy atom. The summed E-state index contributed by atoms with van der Waals surface area (Å²) < 4.78 is 5.34. The van der Waals surface area contributed by atoms with Crippen molar-refractivity contribution in [3.8, 4) is 0 Å². The summed E-state index contributed by atoms with van der Waals surface area (Å²) in [5.41, 5.74) is 1.99. The van der Waals surface area contributed by atoms with Gasteiger partial charge in [0.1, 0.15) is 17.3 Å². The van der Waals surface area contributed by atoms with E-state index in [-0.39, 0.29) is 42.8 Å². The second-order valence-corrected chi connectivity index (χ2v) is 8.84. The van der Waals surface area contributed by atoms with Crippen LogP contribution in [0.3, 0.4) is 0 Å². The third kappa shape index (κ3) is 4.26. The molecule has 1 saturated heterocycles. The van der Waals surface area contributed by atoms with Crippen molar-refractivity contribution in [2.24, 2.45) is 0 Å². The summed E-state index contributed by atoms with van der Waals surface area (Å²) in [6.45, 7) is 0. The van der Waals surface area contributed by atoms with E-state index in [2.05, 4.69) is 31.3 Å². The number of carbonyl (C=O) groups is 4. The highest BCUT2D eigenvalue weighted by Gasteiger charge is 2.33. The molecule has 2 aromatic heterocycles. The van der Waals surface area contributed by atoms with Gasteiger partial charge in [0.2, 0.25) is 17.7 Å². The lowest BCUT2D eigenvalue weighted by molar-refractivity contribution is -0.134. The number of rotatable bonds is 5. The highest BCUT2D eigenvalue weighted by molar-refractivity contribution is 6.35. The topological polar surface area (TPSA) is 159 Å². The number of amides is 4. The van der Waals surface area contributed by atoms with Crippen LogP contribution in [-0.4, -0.2) is 51.1 Å². The predicted molar refractivity (Wildman–Crippen MR) is 119 cm³/mol. The van der Waals surface area contributed by atoms with Crippen LogP contribution in [0, 0.1) is 0 Å². The number of aromatic amines is 1. The van der Waals surface area contributed by atoms with E-state index < -0.39 is 17.9 Å². The molecule has 2 atom stereocenters. The van der Waals surface area contributed by atoms with Gasteiger partial charge in [0.05, 0.1) is 17.1 Å². The molecule has 176 valence electrons. The molecule has 1 aliphatic heterocycles. The van der Waals surface area contributed by atoms with E-state index in [1.165, 1.54) is 0 Å². The Balaban J connectivity index is 1.23. The number of nitrogens with one attached hydrogen (secondary N) is 4. The maximum absolute atomic E-state index is 12.8. The van der Waals surface area contributed by atoms with E-state index in [1.807, 2.05) is 6.07 Å². The minimum absolute atomic E-state index is 0.0906. The first-order valence-corrected chi connectivity index (χ1v) is 11.3. The number of nitrogens with zero attached hydrogens (tertiary/aromatic N) is 2. The molecule has 1 aliphatic carbocycles. The van der Waals surface area contributed by atoms with Gasteiger partial charge in [-0.05, 0) is 25.3 Å². The quantitative estimate of drug-likeness (QED) is 0.392. The smallest absolute Gasteiger partial charge is 0.274 e. The summed E-state index contributed by atoms with van der Waals surface area (Å²) >= 11 is 6.15. The van der Waals surface area contributed by atoms with Crippen molar-refractivity contribution in [1.82, 2.24) is 31.3 Å². The summed E-state index contributed by atoms with van der Waals surface area (Å²) in [5, 5.41) is 20.1. The highest BCUT2D eigenvalue weighted by Crippen LogP contribution is 2.26. The molecule has 34 heavy (non-hydrogen) atoms. The van der Waals surface area contributed by atoms with Gasteiger partial charge in [0, 0.05) is 29.8 Å². The van der Waals surface area contributed by atoms with Crippen LogP contribution >= 0.6 is 11.6 Å². The van der Waals surface area contributed by atoms with E-state index in [4.69, 9.17) is 16.1 Å². The zero-order chi connectivity index (χ0) is 23.8. The molecule has 12 heteroatoms. The summed E-state index contributed by atoms with van der Waals surface area (Å²) in [4.78, 5) is 48.7. The van der Waals surface area contributed by atoms with E-state index >= 15 is 0 Å². The largest absolute Gasteiger partial charge is 0.360 e. The van der Waals surface area contributed by atoms with Crippen molar-refractivity contribution in [3.05, 3.63) is 45.9 Å². The van der Waals surface area contributed by atoms with Gasteiger partial charge in [-0.3, -0.25) is 29.6 Å². The van der Waals surface area contributed by atoms with Gasteiger partial charge in [-0.15, -0.1) is 0 Å². The van der Waals surface area contributed by atoms with Gasteiger partial charge in [0.25, 0.3) is 5.91 Å². The van der Waals surface area contributed by atoms with E-state index in [0.29, 0.717) is 46.8 Å². The highest BCUT2D eigenvalue weighted by atomic mass is 35.5. The molecule has 4 amide bonds. The van der Waals surface area contributed by atoms with Crippen molar-refractivity contribution in [2.75, 3.05) is 0 Å². The molecule has 1 aromatic carbocycles. The van der Waals surface area contributed by atoms with Gasteiger partial charge in [0.15, 0.2) is 5.69 Å². The maximum Gasteiger partial charge on any atom is 0.274 e. The number of piperidine rings is 1. The number of aromatic nitrogens is 3. The van der Waals surface area contributed by atoms with Crippen LogP contribution in [0.5, 0.6) is 0 Å². The Labute approximate surface area is 197 Å². The average Bonchev–Trinajstić information content (AvgIpc) is 3.40. The maximum atomic E-state index is 12.8. The second kappa shape index (κ2) is 8.90. The Morgan fingerprint density at radius 2 is 2.03 bits per heavy atom. The van der Waals surface area contributed by atoms with Crippen molar-refractivity contribution >= 4 is 46.1 Å². The van der Waals surface area contributed by atoms with Gasteiger partial charge < -0.3 is 15.2 Å². The van der Waals surface area contributed by atoms with Crippen molar-refractivity contribution in [3.63, 3.8) is 0 Å². The van der Waals surface area contributed by atoms with Crippen molar-refractivity contribution in [2.45, 2.75) is 50.6 Å². The number of benzene rings is 1. The van der Waals surface area contributed by atoms with E-state index in [1.54, 1.807) is 12.1 Å². The fourth-order valence-corrected chi connectivity index (χ4v) is 4.61. The number of hydrogen-bond donors (Lipinski definition) is 4. The monoisotopic (exact) mass is 484 g/mol. The molecule has 0 spiro atoms. The van der Waals surface area contributed by atoms with Crippen LogP contribution in [0.1, 0.15) is 46.8 Å². The molecule has 11 nitrogen and oxygen atoms in total. The minimum atomic E-state index is -0.811. The number of halogens is 1. The van der Waals surface area contributed by atoms with Gasteiger partial charge in [-0.25, -0.2) is 0 Å². The molecule has 3 aromatic rings. The predicted octanol–water partition coefficient (Wildman–Crippen LogP) is 0.955. The van der Waals surface area contributed by atoms with Crippen LogP contribution in [0.15, 0.2) is 22.7 Å². The summed E-state index contributed by atoms with van der Waals surface area (Å²) in [6, 6.07) is 4.37. The summed E-state index contributed by atoms with van der Waals surface area (Å²) in [6.07, 6.45) is 2.01. The molecule has 3 heterocycles. The Kier molecular flexibility index (Phi) is 5.78. The number of carbonyl (C=O) groups excluding carboxylic acids is 4. The fourth-order valence-electron chi connectivity index (χ4n) is 4.39. The molecule has 0 radical (unpaired) electrons. The van der Waals surface area contributed by atoms with Crippen LogP contribution in [0.2, 0.25) is 5.02 Å². The third-order valence-corrected chi connectivity index (χ3v) is 6.42. The molecule has 1 fully saturated rings. The van der Waals surface area contributed by atoms with Crippen LogP contribution in [0.4, 0.5) is 0 Å². The lowest BCUT2D eigenvalue weighted by Crippen LogP contribution is -2.52. The lowest BCUT2D eigenvalue weighted by Gasteiger charge is -2.23. The van der Waals surface area contributed by atoms with Crippen LogP contribution in [-0.2, 0) is 33.6 Å². The number of imide groups is 1. The zero-order valence-corrected chi connectivity index (χ0v) is 18.7.